The van der Waals surface area contributed by atoms with Gasteiger partial charge in [0.15, 0.2) is 0 Å². The molecule has 0 unspecified atom stereocenters. The van der Waals surface area contributed by atoms with Crippen molar-refractivity contribution in [3.8, 4) is 11.8 Å². The molecule has 0 aliphatic heterocycles. The van der Waals surface area contributed by atoms with Gasteiger partial charge in [-0.05, 0) is 37.5 Å². The second-order valence-electron chi connectivity index (χ2n) is 3.48. The summed E-state index contributed by atoms with van der Waals surface area (Å²) in [6.07, 6.45) is 0. The molecule has 0 spiro atoms. The third-order valence-corrected chi connectivity index (χ3v) is 2.52. The van der Waals surface area contributed by atoms with E-state index in [1.807, 2.05) is 19.9 Å². The van der Waals surface area contributed by atoms with Crippen molar-refractivity contribution in [3.05, 3.63) is 28.3 Å². The molecule has 1 rings (SSSR count). The molecule has 1 aromatic carbocycles. The summed E-state index contributed by atoms with van der Waals surface area (Å²) >= 11 is 0. The maximum Gasteiger partial charge on any atom is 0.266 e. The van der Waals surface area contributed by atoms with Crippen molar-refractivity contribution in [2.45, 2.75) is 20.8 Å². The van der Waals surface area contributed by atoms with Crippen LogP contribution in [0.2, 0.25) is 0 Å². The first-order chi connectivity index (χ1) is 7.02. The van der Waals surface area contributed by atoms with Gasteiger partial charge < -0.3 is 4.74 Å². The average molecular weight is 203 g/mol. The van der Waals surface area contributed by atoms with Crippen LogP contribution in [0.15, 0.2) is 6.07 Å². The molecule has 0 amide bonds. The van der Waals surface area contributed by atoms with E-state index in [1.54, 1.807) is 13.0 Å². The van der Waals surface area contributed by atoms with Crippen LogP contribution in [0.1, 0.15) is 27.0 Å². The van der Waals surface area contributed by atoms with Gasteiger partial charge in [0.05, 0.1) is 12.7 Å². The molecule has 0 saturated heterocycles. The fourth-order valence-electron chi connectivity index (χ4n) is 1.64. The first-order valence-electron chi connectivity index (χ1n) is 4.62. The largest absolute Gasteiger partial charge is 0.496 e. The smallest absolute Gasteiger partial charge is 0.266 e. The summed E-state index contributed by atoms with van der Waals surface area (Å²) in [5.41, 5.74) is 3.12. The van der Waals surface area contributed by atoms with Crippen molar-refractivity contribution < 1.29 is 9.53 Å². The second kappa shape index (κ2) is 4.14. The Morgan fingerprint density at radius 2 is 1.93 bits per heavy atom. The van der Waals surface area contributed by atoms with Crippen molar-refractivity contribution >= 4 is 5.78 Å². The third-order valence-electron chi connectivity index (χ3n) is 2.52. The molecule has 3 nitrogen and oxygen atoms in total. The van der Waals surface area contributed by atoms with E-state index in [2.05, 4.69) is 0 Å². The summed E-state index contributed by atoms with van der Waals surface area (Å²) in [6.45, 7) is 5.63. The van der Waals surface area contributed by atoms with Crippen LogP contribution in [0.4, 0.5) is 0 Å². The van der Waals surface area contributed by atoms with Gasteiger partial charge in [0.25, 0.3) is 5.78 Å². The van der Waals surface area contributed by atoms with E-state index in [1.165, 1.54) is 7.11 Å². The Kier molecular flexibility index (Phi) is 3.11. The number of nitriles is 1. The Labute approximate surface area is 89.3 Å². The van der Waals surface area contributed by atoms with Crippen LogP contribution in [0.3, 0.4) is 0 Å². The lowest BCUT2D eigenvalue weighted by atomic mass is 9.97. The molecule has 0 radical (unpaired) electrons. The first kappa shape index (κ1) is 11.3. The van der Waals surface area contributed by atoms with Gasteiger partial charge in [-0.2, -0.15) is 5.26 Å². The van der Waals surface area contributed by atoms with E-state index in [0.717, 1.165) is 16.7 Å². The van der Waals surface area contributed by atoms with Crippen molar-refractivity contribution in [1.29, 1.82) is 5.26 Å². The van der Waals surface area contributed by atoms with Crippen LogP contribution < -0.4 is 4.74 Å². The number of carbonyl (C=O) groups excluding carboxylic acids is 1. The Morgan fingerprint density at radius 1 is 1.33 bits per heavy atom. The SMILES string of the molecule is COc1c(C)c(C)cc(C)c1C(=O)C#N. The molecule has 0 aliphatic carbocycles. The Bertz CT molecular complexity index is 456. The molecular weight excluding hydrogens is 190 g/mol. The molecule has 15 heavy (non-hydrogen) atoms. The lowest BCUT2D eigenvalue weighted by Crippen LogP contribution is -2.05. The van der Waals surface area contributed by atoms with Crippen LogP contribution in [-0.4, -0.2) is 12.9 Å². The third kappa shape index (κ3) is 1.84. The van der Waals surface area contributed by atoms with E-state index in [9.17, 15) is 4.79 Å². The summed E-state index contributed by atoms with van der Waals surface area (Å²) in [5.74, 6) is -0.0356. The predicted molar refractivity (Wildman–Crippen MR) is 57.1 cm³/mol. The fraction of sp³-hybridized carbons (Fsp3) is 0.333. The van der Waals surface area contributed by atoms with Crippen LogP contribution in [0, 0.1) is 32.1 Å². The molecule has 0 fully saturated rings. The number of benzene rings is 1. The van der Waals surface area contributed by atoms with Gasteiger partial charge in [0.1, 0.15) is 11.8 Å². The topological polar surface area (TPSA) is 50.1 Å². The Morgan fingerprint density at radius 3 is 2.40 bits per heavy atom. The Hall–Kier alpha value is -1.82. The minimum absolute atomic E-state index is 0.378. The monoisotopic (exact) mass is 203 g/mol. The molecule has 3 heteroatoms. The normalized spacial score (nSPS) is 9.53. The summed E-state index contributed by atoms with van der Waals surface area (Å²) in [6, 6.07) is 3.52. The standard InChI is InChI=1S/C12H13NO2/c1-7-5-8(2)11(10(14)6-13)12(15-4)9(7)3/h5H,1-4H3. The summed E-state index contributed by atoms with van der Waals surface area (Å²) in [4.78, 5) is 11.4. The maximum atomic E-state index is 11.4. The molecule has 78 valence electrons. The average Bonchev–Trinajstić information content (AvgIpc) is 2.21. The predicted octanol–water partition coefficient (Wildman–Crippen LogP) is 2.33. The Balaban J connectivity index is 3.58. The van der Waals surface area contributed by atoms with E-state index in [4.69, 9.17) is 10.00 Å². The number of aryl methyl sites for hydroxylation is 2. The molecular formula is C12H13NO2. The second-order valence-corrected chi connectivity index (χ2v) is 3.48. The summed E-state index contributed by atoms with van der Waals surface area (Å²) in [5, 5.41) is 8.64. The number of rotatable bonds is 2. The highest BCUT2D eigenvalue weighted by atomic mass is 16.5. The van der Waals surface area contributed by atoms with Gasteiger partial charge >= 0.3 is 0 Å². The van der Waals surface area contributed by atoms with Crippen molar-refractivity contribution in [2.75, 3.05) is 7.11 Å². The molecule has 0 atom stereocenters. The zero-order chi connectivity index (χ0) is 11.6. The first-order valence-corrected chi connectivity index (χ1v) is 4.62. The lowest BCUT2D eigenvalue weighted by molar-refractivity contribution is 0.105. The minimum Gasteiger partial charge on any atom is -0.496 e. The van der Waals surface area contributed by atoms with Gasteiger partial charge in [-0.1, -0.05) is 6.07 Å². The molecule has 0 bridgehead atoms. The van der Waals surface area contributed by atoms with E-state index in [-0.39, 0.29) is 0 Å². The van der Waals surface area contributed by atoms with Gasteiger partial charge in [0.2, 0.25) is 0 Å². The highest BCUT2D eigenvalue weighted by Gasteiger charge is 2.18. The van der Waals surface area contributed by atoms with Gasteiger partial charge in [-0.25, -0.2) is 0 Å². The highest BCUT2D eigenvalue weighted by molar-refractivity contribution is 6.10. The number of nitrogens with zero attached hydrogens (tertiary/aromatic N) is 1. The highest BCUT2D eigenvalue weighted by Crippen LogP contribution is 2.29. The molecule has 0 saturated carbocycles. The molecule has 0 heterocycles. The summed E-state index contributed by atoms with van der Waals surface area (Å²) < 4.78 is 5.19. The number of ether oxygens (including phenoxy) is 1. The van der Waals surface area contributed by atoms with E-state index >= 15 is 0 Å². The molecule has 1 aromatic rings. The van der Waals surface area contributed by atoms with Gasteiger partial charge in [0, 0.05) is 0 Å². The van der Waals surface area contributed by atoms with Crippen LogP contribution in [-0.2, 0) is 0 Å². The number of hydrogen-bond acceptors (Lipinski definition) is 3. The zero-order valence-corrected chi connectivity index (χ0v) is 9.34. The number of Topliss-reactive ketones (excluding diaryl/α,β-unsaturated/α-hetero) is 1. The van der Waals surface area contributed by atoms with E-state index < -0.39 is 5.78 Å². The van der Waals surface area contributed by atoms with Crippen LogP contribution in [0.25, 0.3) is 0 Å². The number of carbonyl (C=O) groups is 1. The molecule has 0 N–H and O–H groups in total. The quantitative estimate of drug-likeness (QED) is 0.547. The number of hydrogen-bond donors (Lipinski definition) is 0. The van der Waals surface area contributed by atoms with Crippen molar-refractivity contribution in [3.63, 3.8) is 0 Å². The van der Waals surface area contributed by atoms with Gasteiger partial charge in [-0.15, -0.1) is 0 Å². The molecule has 0 aliphatic rings. The zero-order valence-electron chi connectivity index (χ0n) is 9.34. The number of ketones is 1. The minimum atomic E-state index is -0.549. The summed E-state index contributed by atoms with van der Waals surface area (Å²) in [7, 11) is 1.51. The fourth-order valence-corrected chi connectivity index (χ4v) is 1.64. The molecule has 0 aromatic heterocycles. The van der Waals surface area contributed by atoms with Crippen LogP contribution >= 0.6 is 0 Å². The number of methoxy groups -OCH3 is 1. The maximum absolute atomic E-state index is 11.4. The lowest BCUT2D eigenvalue weighted by Gasteiger charge is -2.13. The van der Waals surface area contributed by atoms with Crippen molar-refractivity contribution in [2.24, 2.45) is 0 Å². The van der Waals surface area contributed by atoms with Crippen molar-refractivity contribution in [1.82, 2.24) is 0 Å². The van der Waals surface area contributed by atoms with E-state index in [0.29, 0.717) is 11.3 Å². The van der Waals surface area contributed by atoms with Gasteiger partial charge in [-0.3, -0.25) is 4.79 Å². The van der Waals surface area contributed by atoms with Crippen LogP contribution in [0.5, 0.6) is 5.75 Å².